The number of aliphatic imine (C=N–C) groups is 1. The average Bonchev–Trinajstić information content (AvgIpc) is 2.43. The molecule has 6 nitrogen and oxygen atoms in total. The quantitative estimate of drug-likeness (QED) is 0.580. The molecule has 1 rings (SSSR count). The van der Waals surface area contributed by atoms with Crippen molar-refractivity contribution in [2.45, 2.75) is 38.5 Å². The lowest BCUT2D eigenvalue weighted by Crippen LogP contribution is -2.46. The van der Waals surface area contributed by atoms with Crippen LogP contribution >= 0.6 is 0 Å². The van der Waals surface area contributed by atoms with Crippen LogP contribution in [-0.4, -0.2) is 57.2 Å². The third kappa shape index (κ3) is 5.39. The van der Waals surface area contributed by atoms with Gasteiger partial charge < -0.3 is 10.6 Å². The first kappa shape index (κ1) is 18.1. The maximum absolute atomic E-state index is 12.4. The number of hydrogen-bond acceptors (Lipinski definition) is 3. The third-order valence-corrected chi connectivity index (χ3v) is 4.90. The van der Waals surface area contributed by atoms with Gasteiger partial charge in [-0.25, -0.2) is 8.42 Å². The summed E-state index contributed by atoms with van der Waals surface area (Å²) in [6, 6.07) is 0.259. The molecule has 1 saturated heterocycles. The van der Waals surface area contributed by atoms with Crippen molar-refractivity contribution in [3.63, 3.8) is 0 Å². The highest BCUT2D eigenvalue weighted by Crippen LogP contribution is 2.22. The number of nitrogens with one attached hydrogen (secondary N) is 2. The SMILES string of the molecule is CN=C(NCC1CCN(S(=O)(=O)C(F)F)CC1)NC(C)C. The van der Waals surface area contributed by atoms with Crippen molar-refractivity contribution in [2.75, 3.05) is 26.7 Å². The van der Waals surface area contributed by atoms with Crippen molar-refractivity contribution in [2.24, 2.45) is 10.9 Å². The summed E-state index contributed by atoms with van der Waals surface area (Å²) < 4.78 is 48.5. The maximum Gasteiger partial charge on any atom is 0.350 e. The van der Waals surface area contributed by atoms with Gasteiger partial charge in [-0.1, -0.05) is 0 Å². The lowest BCUT2D eigenvalue weighted by molar-refractivity contribution is 0.204. The summed E-state index contributed by atoms with van der Waals surface area (Å²) in [5, 5.41) is 6.32. The van der Waals surface area contributed by atoms with Gasteiger partial charge in [0.25, 0.3) is 10.0 Å². The molecule has 9 heteroatoms. The van der Waals surface area contributed by atoms with Gasteiger partial charge in [-0.05, 0) is 32.6 Å². The number of rotatable bonds is 5. The summed E-state index contributed by atoms with van der Waals surface area (Å²) >= 11 is 0. The summed E-state index contributed by atoms with van der Waals surface area (Å²) in [6.45, 7) is 4.94. The molecule has 124 valence electrons. The Hall–Kier alpha value is -0.960. The van der Waals surface area contributed by atoms with Crippen molar-refractivity contribution in [1.29, 1.82) is 0 Å². The Morgan fingerprint density at radius 2 is 1.90 bits per heavy atom. The molecule has 0 atom stereocenters. The van der Waals surface area contributed by atoms with E-state index < -0.39 is 15.8 Å². The molecule has 0 aromatic carbocycles. The monoisotopic (exact) mass is 326 g/mol. The fourth-order valence-corrected chi connectivity index (χ4v) is 3.13. The first-order valence-corrected chi connectivity index (χ1v) is 8.52. The Labute approximate surface area is 125 Å². The van der Waals surface area contributed by atoms with Crippen LogP contribution in [0.1, 0.15) is 26.7 Å². The first-order valence-electron chi connectivity index (χ1n) is 7.01. The Morgan fingerprint density at radius 3 is 2.33 bits per heavy atom. The first-order chi connectivity index (χ1) is 9.77. The van der Waals surface area contributed by atoms with Gasteiger partial charge in [0.1, 0.15) is 0 Å². The van der Waals surface area contributed by atoms with Crippen LogP contribution in [0.2, 0.25) is 0 Å². The Balaban J connectivity index is 2.41. The molecule has 0 amide bonds. The minimum absolute atomic E-state index is 0.148. The molecule has 21 heavy (non-hydrogen) atoms. The van der Waals surface area contributed by atoms with E-state index >= 15 is 0 Å². The Morgan fingerprint density at radius 1 is 1.33 bits per heavy atom. The topological polar surface area (TPSA) is 73.8 Å². The van der Waals surface area contributed by atoms with Gasteiger partial charge in [0.05, 0.1) is 0 Å². The van der Waals surface area contributed by atoms with Crippen LogP contribution in [-0.2, 0) is 10.0 Å². The Bertz CT molecular complexity index is 446. The molecule has 0 aliphatic carbocycles. The summed E-state index contributed by atoms with van der Waals surface area (Å²) in [7, 11) is -2.76. The highest BCUT2D eigenvalue weighted by Gasteiger charge is 2.34. The largest absolute Gasteiger partial charge is 0.356 e. The second-order valence-electron chi connectivity index (χ2n) is 5.40. The minimum Gasteiger partial charge on any atom is -0.356 e. The molecule has 0 aromatic rings. The Kier molecular flexibility index (Phi) is 6.79. The molecule has 0 bridgehead atoms. The zero-order chi connectivity index (χ0) is 16.0. The van der Waals surface area contributed by atoms with E-state index in [1.54, 1.807) is 7.05 Å². The number of guanidine groups is 1. The van der Waals surface area contributed by atoms with E-state index in [0.29, 0.717) is 25.3 Å². The molecular weight excluding hydrogens is 302 g/mol. The van der Waals surface area contributed by atoms with E-state index in [0.717, 1.165) is 4.31 Å². The molecule has 1 aliphatic rings. The van der Waals surface area contributed by atoms with E-state index in [9.17, 15) is 17.2 Å². The summed E-state index contributed by atoms with van der Waals surface area (Å²) in [5.74, 6) is -2.39. The normalized spacial score (nSPS) is 19.3. The molecule has 0 spiro atoms. The molecule has 0 saturated carbocycles. The lowest BCUT2D eigenvalue weighted by Gasteiger charge is -2.31. The number of piperidine rings is 1. The van der Waals surface area contributed by atoms with Crippen molar-refractivity contribution in [3.05, 3.63) is 0 Å². The van der Waals surface area contributed by atoms with E-state index in [1.165, 1.54) is 0 Å². The van der Waals surface area contributed by atoms with Crippen LogP contribution < -0.4 is 10.6 Å². The highest BCUT2D eigenvalue weighted by atomic mass is 32.2. The van der Waals surface area contributed by atoms with Crippen LogP contribution in [0.3, 0.4) is 0 Å². The second kappa shape index (κ2) is 7.88. The molecule has 1 heterocycles. The van der Waals surface area contributed by atoms with Gasteiger partial charge in [0.2, 0.25) is 0 Å². The van der Waals surface area contributed by atoms with Gasteiger partial charge in [0, 0.05) is 32.7 Å². The van der Waals surface area contributed by atoms with E-state index in [2.05, 4.69) is 15.6 Å². The smallest absolute Gasteiger partial charge is 0.350 e. The number of nitrogens with zero attached hydrogens (tertiary/aromatic N) is 2. The van der Waals surface area contributed by atoms with Crippen LogP contribution in [0.15, 0.2) is 4.99 Å². The van der Waals surface area contributed by atoms with Crippen LogP contribution in [0.25, 0.3) is 0 Å². The van der Waals surface area contributed by atoms with Crippen LogP contribution in [0, 0.1) is 5.92 Å². The highest BCUT2D eigenvalue weighted by molar-refractivity contribution is 7.89. The van der Waals surface area contributed by atoms with Gasteiger partial charge in [-0.2, -0.15) is 13.1 Å². The summed E-state index contributed by atoms with van der Waals surface area (Å²) in [6.07, 6.45) is 1.13. The molecular formula is C12H24F2N4O2S. The predicted octanol–water partition coefficient (Wildman–Crippen LogP) is 0.824. The fourth-order valence-electron chi connectivity index (χ4n) is 2.19. The summed E-state index contributed by atoms with van der Waals surface area (Å²) in [4.78, 5) is 4.08. The maximum atomic E-state index is 12.4. The number of sulfonamides is 1. The molecule has 0 radical (unpaired) electrons. The second-order valence-corrected chi connectivity index (χ2v) is 7.30. The molecule has 1 aliphatic heterocycles. The van der Waals surface area contributed by atoms with E-state index in [4.69, 9.17) is 0 Å². The van der Waals surface area contributed by atoms with Gasteiger partial charge in [0.15, 0.2) is 5.96 Å². The molecule has 0 aromatic heterocycles. The number of hydrogen-bond donors (Lipinski definition) is 2. The van der Waals surface area contributed by atoms with Crippen molar-refractivity contribution >= 4 is 16.0 Å². The van der Waals surface area contributed by atoms with E-state index in [1.807, 2.05) is 13.8 Å². The van der Waals surface area contributed by atoms with Gasteiger partial charge >= 0.3 is 5.76 Å². The van der Waals surface area contributed by atoms with Crippen molar-refractivity contribution in [1.82, 2.24) is 14.9 Å². The standard InChI is InChI=1S/C12H24F2N4O2S/c1-9(2)17-12(15-3)16-8-10-4-6-18(7-5-10)21(19,20)11(13)14/h9-11H,4-8H2,1-3H3,(H2,15,16,17). The minimum atomic E-state index is -4.43. The van der Waals surface area contributed by atoms with Crippen LogP contribution in [0.4, 0.5) is 8.78 Å². The zero-order valence-corrected chi connectivity index (χ0v) is 13.5. The van der Waals surface area contributed by atoms with Crippen LogP contribution in [0.5, 0.6) is 0 Å². The summed E-state index contributed by atoms with van der Waals surface area (Å²) in [5.41, 5.74) is 0. The zero-order valence-electron chi connectivity index (χ0n) is 12.6. The molecule has 1 fully saturated rings. The number of halogens is 2. The van der Waals surface area contributed by atoms with Crippen molar-refractivity contribution in [3.8, 4) is 0 Å². The van der Waals surface area contributed by atoms with Crippen molar-refractivity contribution < 1.29 is 17.2 Å². The van der Waals surface area contributed by atoms with E-state index in [-0.39, 0.29) is 25.0 Å². The predicted molar refractivity (Wildman–Crippen MR) is 78.9 cm³/mol. The molecule has 2 N–H and O–H groups in total. The van der Waals surface area contributed by atoms with Gasteiger partial charge in [-0.3, -0.25) is 4.99 Å². The third-order valence-electron chi connectivity index (χ3n) is 3.37. The fraction of sp³-hybridized carbons (Fsp3) is 0.917. The molecule has 0 unspecified atom stereocenters. The average molecular weight is 326 g/mol. The number of alkyl halides is 2. The lowest BCUT2D eigenvalue weighted by atomic mass is 9.98. The van der Waals surface area contributed by atoms with Gasteiger partial charge in [-0.15, -0.1) is 0 Å².